The van der Waals surface area contributed by atoms with Gasteiger partial charge in [0.05, 0.1) is 11.0 Å². The average Bonchev–Trinajstić information content (AvgIpc) is 3.14. The fourth-order valence-electron chi connectivity index (χ4n) is 3.05. The predicted octanol–water partition coefficient (Wildman–Crippen LogP) is 1.97. The highest BCUT2D eigenvalue weighted by Gasteiger charge is 2.13. The lowest BCUT2D eigenvalue weighted by Crippen LogP contribution is -2.44. The number of hydrogen-bond donors (Lipinski definition) is 3. The summed E-state index contributed by atoms with van der Waals surface area (Å²) in [5.41, 5.74) is 7.38. The fraction of sp³-hybridized carbons (Fsp3) is 0.217. The third-order valence-corrected chi connectivity index (χ3v) is 4.57. The van der Waals surface area contributed by atoms with Crippen molar-refractivity contribution in [2.24, 2.45) is 0 Å². The highest BCUT2D eigenvalue weighted by molar-refractivity contribution is 5.92. The maximum atomic E-state index is 12.3. The Morgan fingerprint density at radius 2 is 1.68 bits per heavy atom. The summed E-state index contributed by atoms with van der Waals surface area (Å²) >= 11 is 0. The minimum Gasteiger partial charge on any atom is -0.352 e. The lowest BCUT2D eigenvalue weighted by molar-refractivity contribution is -0.129. The number of aryl methyl sites for hydroxylation is 1. The number of para-hydroxylation sites is 2. The Bertz CT molecular complexity index is 1090. The second-order valence-corrected chi connectivity index (χ2v) is 6.84. The molecule has 1 aromatic heterocycles. The van der Waals surface area contributed by atoms with Crippen LogP contribution < -0.4 is 16.2 Å². The summed E-state index contributed by atoms with van der Waals surface area (Å²) in [7, 11) is 0. The van der Waals surface area contributed by atoms with Gasteiger partial charge in [0.25, 0.3) is 5.91 Å². The molecule has 0 saturated heterocycles. The molecule has 3 N–H and O–H groups in total. The van der Waals surface area contributed by atoms with Gasteiger partial charge in [-0.1, -0.05) is 49.4 Å². The van der Waals surface area contributed by atoms with E-state index in [0.717, 1.165) is 22.4 Å². The van der Waals surface area contributed by atoms with Crippen LogP contribution in [-0.2, 0) is 27.3 Å². The number of aromatic nitrogens is 2. The number of nitrogens with one attached hydrogen (secondary N) is 3. The lowest BCUT2D eigenvalue weighted by atomic mass is 10.2. The largest absolute Gasteiger partial charge is 0.352 e. The quantitative estimate of drug-likeness (QED) is 0.383. The van der Waals surface area contributed by atoms with Crippen molar-refractivity contribution in [3.8, 4) is 0 Å². The smallest absolute Gasteiger partial charge is 0.258 e. The molecule has 160 valence electrons. The van der Waals surface area contributed by atoms with Gasteiger partial charge < -0.3 is 9.88 Å². The van der Waals surface area contributed by atoms with Crippen molar-refractivity contribution >= 4 is 34.8 Å². The molecule has 0 bridgehead atoms. The Morgan fingerprint density at radius 1 is 0.968 bits per heavy atom. The minimum absolute atomic E-state index is 0.0411. The van der Waals surface area contributed by atoms with Gasteiger partial charge in [0, 0.05) is 25.5 Å². The zero-order valence-corrected chi connectivity index (χ0v) is 17.3. The number of hydrogen-bond acceptors (Lipinski definition) is 4. The van der Waals surface area contributed by atoms with Gasteiger partial charge in [-0.05, 0) is 23.8 Å². The van der Waals surface area contributed by atoms with Crippen molar-refractivity contribution in [3.05, 3.63) is 72.1 Å². The maximum absolute atomic E-state index is 12.3. The molecule has 0 aliphatic heterocycles. The van der Waals surface area contributed by atoms with Gasteiger partial charge in [0.15, 0.2) is 0 Å². The number of hydrazine groups is 1. The highest BCUT2D eigenvalue weighted by Crippen LogP contribution is 2.16. The van der Waals surface area contributed by atoms with Crippen molar-refractivity contribution in [2.45, 2.75) is 26.3 Å². The molecule has 3 aromatic rings. The molecule has 0 fully saturated rings. The molecular weight excluding hydrogens is 394 g/mol. The topological polar surface area (TPSA) is 105 Å². The molecule has 0 saturated carbocycles. The van der Waals surface area contributed by atoms with Crippen molar-refractivity contribution in [3.63, 3.8) is 0 Å². The number of carbonyl (C=O) groups is 3. The summed E-state index contributed by atoms with van der Waals surface area (Å²) in [6, 6.07) is 17.0. The summed E-state index contributed by atoms with van der Waals surface area (Å²) in [6.45, 7) is 2.18. The molecule has 8 heteroatoms. The van der Waals surface area contributed by atoms with Crippen LogP contribution in [0.5, 0.6) is 0 Å². The summed E-state index contributed by atoms with van der Waals surface area (Å²) < 4.78 is 1.83. The molecule has 0 spiro atoms. The molecule has 0 atom stereocenters. The van der Waals surface area contributed by atoms with E-state index in [1.165, 1.54) is 6.08 Å². The normalized spacial score (nSPS) is 10.9. The Balaban J connectivity index is 1.40. The first-order valence-electron chi connectivity index (χ1n) is 10.1. The molecule has 0 aliphatic rings. The number of imidazole rings is 1. The van der Waals surface area contributed by atoms with Crippen LogP contribution in [0.3, 0.4) is 0 Å². The minimum atomic E-state index is -0.396. The van der Waals surface area contributed by atoms with Gasteiger partial charge in [0.1, 0.15) is 12.4 Å². The van der Waals surface area contributed by atoms with E-state index in [2.05, 4.69) is 21.2 Å². The van der Waals surface area contributed by atoms with E-state index in [-0.39, 0.29) is 31.3 Å². The third-order valence-electron chi connectivity index (χ3n) is 4.57. The molecular formula is C23H25N5O3. The Hall–Kier alpha value is -3.94. The van der Waals surface area contributed by atoms with E-state index in [9.17, 15) is 14.4 Å². The number of fused-ring (bicyclic) bond motifs is 1. The van der Waals surface area contributed by atoms with Crippen molar-refractivity contribution in [1.82, 2.24) is 25.7 Å². The zero-order valence-electron chi connectivity index (χ0n) is 17.3. The summed E-state index contributed by atoms with van der Waals surface area (Å²) in [4.78, 5) is 40.5. The number of amides is 3. The number of nitrogens with zero attached hydrogens (tertiary/aromatic N) is 2. The van der Waals surface area contributed by atoms with E-state index < -0.39 is 5.91 Å². The van der Waals surface area contributed by atoms with Crippen molar-refractivity contribution in [1.29, 1.82) is 0 Å². The SMILES string of the molecule is CCc1nc2ccccc2n1CC(=O)NNC(=O)CCNC(=O)/C=C/c1ccccc1. The third kappa shape index (κ3) is 6.27. The van der Waals surface area contributed by atoms with Crippen molar-refractivity contribution in [2.75, 3.05) is 6.54 Å². The average molecular weight is 419 g/mol. The molecule has 8 nitrogen and oxygen atoms in total. The second-order valence-electron chi connectivity index (χ2n) is 6.84. The van der Waals surface area contributed by atoms with Crippen molar-refractivity contribution < 1.29 is 14.4 Å². The van der Waals surface area contributed by atoms with Crippen LogP contribution in [0, 0.1) is 0 Å². The molecule has 0 radical (unpaired) electrons. The first kappa shape index (κ1) is 21.8. The summed E-state index contributed by atoms with van der Waals surface area (Å²) in [5, 5.41) is 2.63. The monoisotopic (exact) mass is 419 g/mol. The molecule has 2 aromatic carbocycles. The first-order chi connectivity index (χ1) is 15.1. The Morgan fingerprint density at radius 3 is 2.45 bits per heavy atom. The van der Waals surface area contributed by atoms with Gasteiger partial charge in [-0.15, -0.1) is 0 Å². The van der Waals surface area contributed by atoms with E-state index in [1.54, 1.807) is 6.08 Å². The van der Waals surface area contributed by atoms with Crippen LogP contribution >= 0.6 is 0 Å². The van der Waals surface area contributed by atoms with Crippen LogP contribution in [0.15, 0.2) is 60.7 Å². The highest BCUT2D eigenvalue weighted by atomic mass is 16.2. The van der Waals surface area contributed by atoms with E-state index in [0.29, 0.717) is 6.42 Å². The van der Waals surface area contributed by atoms with Gasteiger partial charge >= 0.3 is 0 Å². The number of rotatable bonds is 8. The zero-order chi connectivity index (χ0) is 22.1. The fourth-order valence-corrected chi connectivity index (χ4v) is 3.05. The van der Waals surface area contributed by atoms with E-state index in [1.807, 2.05) is 66.1 Å². The molecule has 31 heavy (non-hydrogen) atoms. The second kappa shape index (κ2) is 10.7. The maximum Gasteiger partial charge on any atom is 0.258 e. The number of carbonyl (C=O) groups excluding carboxylic acids is 3. The summed E-state index contributed by atoms with van der Waals surface area (Å²) in [6.07, 6.45) is 3.84. The van der Waals surface area contributed by atoms with Gasteiger partial charge in [-0.25, -0.2) is 4.98 Å². The Labute approximate surface area is 180 Å². The molecule has 0 aliphatic carbocycles. The molecule has 0 unspecified atom stereocenters. The predicted molar refractivity (Wildman–Crippen MR) is 118 cm³/mol. The van der Waals surface area contributed by atoms with Crippen LogP contribution in [0.1, 0.15) is 24.7 Å². The molecule has 3 amide bonds. The lowest BCUT2D eigenvalue weighted by Gasteiger charge is -2.10. The van der Waals surface area contributed by atoms with Gasteiger partial charge in [-0.3, -0.25) is 25.2 Å². The van der Waals surface area contributed by atoms with Gasteiger partial charge in [0.2, 0.25) is 11.8 Å². The molecule has 1 heterocycles. The molecule has 3 rings (SSSR count). The standard InChI is InChI=1S/C23H25N5O3/c1-2-20-25-18-10-6-7-11-19(18)28(20)16-23(31)27-26-22(30)14-15-24-21(29)13-12-17-8-4-3-5-9-17/h3-13H,2,14-16H2,1H3,(H,24,29)(H,26,30)(H,27,31)/b13-12+. The van der Waals surface area contributed by atoms with Crippen LogP contribution in [0.25, 0.3) is 17.1 Å². The summed E-state index contributed by atoms with van der Waals surface area (Å²) in [5.74, 6) is -0.248. The Kier molecular flexibility index (Phi) is 7.53. The van der Waals surface area contributed by atoms with Crippen LogP contribution in [-0.4, -0.2) is 33.8 Å². The first-order valence-corrected chi connectivity index (χ1v) is 10.1. The number of benzene rings is 2. The van der Waals surface area contributed by atoms with Crippen LogP contribution in [0.4, 0.5) is 0 Å². The van der Waals surface area contributed by atoms with E-state index in [4.69, 9.17) is 0 Å². The van der Waals surface area contributed by atoms with Crippen LogP contribution in [0.2, 0.25) is 0 Å². The van der Waals surface area contributed by atoms with Gasteiger partial charge in [-0.2, -0.15) is 0 Å². The van der Waals surface area contributed by atoms with E-state index >= 15 is 0 Å².